The van der Waals surface area contributed by atoms with Gasteiger partial charge in [-0.1, -0.05) is 12.1 Å². The number of para-hydroxylation sites is 2. The Labute approximate surface area is 131 Å². The predicted octanol–water partition coefficient (Wildman–Crippen LogP) is 1.54. The molecule has 1 aliphatic heterocycles. The molecule has 0 radical (unpaired) electrons. The van der Waals surface area contributed by atoms with Crippen molar-refractivity contribution in [3.63, 3.8) is 0 Å². The Morgan fingerprint density at radius 1 is 1.48 bits per heavy atom. The van der Waals surface area contributed by atoms with Crippen LogP contribution in [-0.4, -0.2) is 51.3 Å². The summed E-state index contributed by atoms with van der Waals surface area (Å²) in [6.07, 6.45) is -0.467. The van der Waals surface area contributed by atoms with Crippen molar-refractivity contribution in [1.29, 1.82) is 0 Å². The van der Waals surface area contributed by atoms with Gasteiger partial charge in [0.2, 0.25) is 0 Å². The topological polar surface area (TPSA) is 67.6 Å². The highest BCUT2D eigenvalue weighted by Crippen LogP contribution is 2.27. The van der Waals surface area contributed by atoms with Crippen LogP contribution in [0.5, 0.6) is 0 Å². The minimum absolute atomic E-state index is 0.0375. The number of esters is 1. The van der Waals surface area contributed by atoms with Crippen LogP contribution in [0, 0.1) is 0 Å². The summed E-state index contributed by atoms with van der Waals surface area (Å²) in [6.45, 7) is -2.48. The number of hydrogen-bond acceptors (Lipinski definition) is 5. The number of aliphatic hydroxyl groups excluding tert-OH is 1. The number of β-amino-alcohol motifs (C(OH)–C–C–N with tert-alkyl or cyclic N) is 1. The lowest BCUT2D eigenvalue weighted by molar-refractivity contribution is -0.146. The van der Waals surface area contributed by atoms with E-state index in [-0.39, 0.29) is 25.3 Å². The third-order valence-electron chi connectivity index (χ3n) is 4.06. The molecule has 1 aromatic heterocycles. The Kier molecular flexibility index (Phi) is 4.27. The zero-order valence-electron chi connectivity index (χ0n) is 12.5. The van der Waals surface area contributed by atoms with E-state index in [1.807, 2.05) is 0 Å². The highest BCUT2D eigenvalue weighted by Gasteiger charge is 2.37. The number of imidazole rings is 1. The fourth-order valence-electron chi connectivity index (χ4n) is 3.04. The Morgan fingerprint density at radius 3 is 2.91 bits per heavy atom. The van der Waals surface area contributed by atoms with Crippen molar-refractivity contribution < 1.29 is 23.4 Å². The van der Waals surface area contributed by atoms with Crippen molar-refractivity contribution >= 4 is 17.0 Å². The van der Waals surface area contributed by atoms with E-state index < -0.39 is 24.7 Å². The quantitative estimate of drug-likeness (QED) is 0.864. The maximum Gasteiger partial charge on any atom is 0.323 e. The lowest BCUT2D eigenvalue weighted by Gasteiger charge is -2.22. The van der Waals surface area contributed by atoms with E-state index in [2.05, 4.69) is 4.98 Å². The number of rotatable bonds is 4. The fourth-order valence-corrected chi connectivity index (χ4v) is 3.04. The van der Waals surface area contributed by atoms with E-state index in [0.717, 1.165) is 4.57 Å². The Hall–Kier alpha value is -2.06. The number of halogens is 2. The average molecular weight is 325 g/mol. The van der Waals surface area contributed by atoms with Crippen molar-refractivity contribution in [3.8, 4) is 0 Å². The van der Waals surface area contributed by atoms with Gasteiger partial charge in [-0.05, 0) is 12.1 Å². The summed E-state index contributed by atoms with van der Waals surface area (Å²) in [5.74, 6) is -0.328. The van der Waals surface area contributed by atoms with Gasteiger partial charge >= 0.3 is 12.5 Å². The molecule has 2 aromatic rings. The summed E-state index contributed by atoms with van der Waals surface area (Å²) < 4.78 is 32.4. The minimum Gasteiger partial charge on any atom is -0.468 e. The molecule has 1 aromatic carbocycles. The van der Waals surface area contributed by atoms with E-state index in [0.29, 0.717) is 11.0 Å². The molecule has 1 saturated heterocycles. The van der Waals surface area contributed by atoms with Crippen molar-refractivity contribution in [2.24, 2.45) is 0 Å². The molecule has 0 spiro atoms. The van der Waals surface area contributed by atoms with E-state index in [9.17, 15) is 18.7 Å². The molecule has 1 N–H and O–H groups in total. The number of hydrogen-bond donors (Lipinski definition) is 1. The standard InChI is InChI=1S/C15H17F2N3O3/c1-23-14(22)12-6-9(21)7-19(12)8-13-18-10-4-2-3-5-11(10)20(13)15(16)17/h2-5,9,12,15,21H,6-8H2,1H3/t9-,12-/m1/s1. The Balaban J connectivity index is 1.94. The van der Waals surface area contributed by atoms with Gasteiger partial charge in [0.1, 0.15) is 11.9 Å². The van der Waals surface area contributed by atoms with Crippen LogP contribution in [0.1, 0.15) is 18.8 Å². The van der Waals surface area contributed by atoms with Crippen LogP contribution >= 0.6 is 0 Å². The molecule has 0 amide bonds. The van der Waals surface area contributed by atoms with Crippen molar-refractivity contribution in [3.05, 3.63) is 30.1 Å². The van der Waals surface area contributed by atoms with Gasteiger partial charge < -0.3 is 9.84 Å². The summed E-state index contributed by atoms with van der Waals surface area (Å²) in [4.78, 5) is 17.7. The Bertz CT molecular complexity index is 719. The number of methoxy groups -OCH3 is 1. The molecular formula is C15H17F2N3O3. The maximum absolute atomic E-state index is 13.4. The van der Waals surface area contributed by atoms with E-state index in [1.165, 1.54) is 7.11 Å². The van der Waals surface area contributed by atoms with Crippen molar-refractivity contribution in [1.82, 2.24) is 14.5 Å². The second-order valence-electron chi connectivity index (χ2n) is 5.52. The lowest BCUT2D eigenvalue weighted by atomic mass is 10.2. The van der Waals surface area contributed by atoms with Crippen LogP contribution in [-0.2, 0) is 16.1 Å². The predicted molar refractivity (Wildman–Crippen MR) is 77.8 cm³/mol. The number of aliphatic hydroxyl groups is 1. The molecule has 0 saturated carbocycles. The summed E-state index contributed by atoms with van der Waals surface area (Å²) >= 11 is 0. The molecule has 124 valence electrons. The van der Waals surface area contributed by atoms with Crippen LogP contribution in [0.25, 0.3) is 11.0 Å². The molecule has 0 unspecified atom stereocenters. The molecular weight excluding hydrogens is 308 g/mol. The first-order valence-corrected chi connectivity index (χ1v) is 7.25. The highest BCUT2D eigenvalue weighted by atomic mass is 19.3. The highest BCUT2D eigenvalue weighted by molar-refractivity contribution is 5.77. The summed E-state index contributed by atoms with van der Waals surface area (Å²) in [6, 6.07) is 5.99. The van der Waals surface area contributed by atoms with Crippen LogP contribution in [0.2, 0.25) is 0 Å². The zero-order chi connectivity index (χ0) is 16.6. The second kappa shape index (κ2) is 6.21. The molecule has 0 bridgehead atoms. The third-order valence-corrected chi connectivity index (χ3v) is 4.06. The van der Waals surface area contributed by atoms with Gasteiger partial charge in [0.05, 0.1) is 30.8 Å². The second-order valence-corrected chi connectivity index (χ2v) is 5.52. The number of benzene rings is 1. The molecule has 0 aliphatic carbocycles. The number of alkyl halides is 2. The van der Waals surface area contributed by atoms with Crippen LogP contribution in [0.4, 0.5) is 8.78 Å². The van der Waals surface area contributed by atoms with Gasteiger partial charge in [-0.3, -0.25) is 14.3 Å². The maximum atomic E-state index is 13.4. The Morgan fingerprint density at radius 2 is 2.22 bits per heavy atom. The first kappa shape index (κ1) is 15.8. The van der Waals surface area contributed by atoms with Gasteiger partial charge in [-0.2, -0.15) is 8.78 Å². The largest absolute Gasteiger partial charge is 0.468 e. The number of nitrogens with zero attached hydrogens (tertiary/aromatic N) is 3. The number of fused-ring (bicyclic) bond motifs is 1. The number of ether oxygens (including phenoxy) is 1. The molecule has 6 nitrogen and oxygen atoms in total. The first-order valence-electron chi connectivity index (χ1n) is 7.25. The van der Waals surface area contributed by atoms with Crippen LogP contribution < -0.4 is 0 Å². The molecule has 1 fully saturated rings. The average Bonchev–Trinajstić information content (AvgIpc) is 3.06. The van der Waals surface area contributed by atoms with Gasteiger partial charge in [-0.25, -0.2) is 4.98 Å². The summed E-state index contributed by atoms with van der Waals surface area (Å²) in [5, 5.41) is 9.79. The molecule has 2 atom stereocenters. The van der Waals surface area contributed by atoms with Crippen LogP contribution in [0.15, 0.2) is 24.3 Å². The van der Waals surface area contributed by atoms with Crippen molar-refractivity contribution in [2.45, 2.75) is 31.7 Å². The van der Waals surface area contributed by atoms with E-state index in [1.54, 1.807) is 29.2 Å². The van der Waals surface area contributed by atoms with Gasteiger partial charge in [-0.15, -0.1) is 0 Å². The fraction of sp³-hybridized carbons (Fsp3) is 0.467. The lowest BCUT2D eigenvalue weighted by Crippen LogP contribution is -2.37. The molecule has 1 aliphatic rings. The zero-order valence-corrected chi connectivity index (χ0v) is 12.5. The number of carbonyl (C=O) groups excluding carboxylic acids is 1. The first-order chi connectivity index (χ1) is 11.0. The summed E-state index contributed by atoms with van der Waals surface area (Å²) in [5.41, 5.74) is 0.809. The van der Waals surface area contributed by atoms with Crippen LogP contribution in [0.3, 0.4) is 0 Å². The molecule has 23 heavy (non-hydrogen) atoms. The van der Waals surface area contributed by atoms with E-state index >= 15 is 0 Å². The van der Waals surface area contributed by atoms with Gasteiger partial charge in [0, 0.05) is 13.0 Å². The SMILES string of the molecule is COC(=O)[C@H]1C[C@@H](O)CN1Cc1nc2ccccc2n1C(F)F. The molecule has 3 rings (SSSR count). The number of likely N-dealkylation sites (tertiary alicyclic amines) is 1. The van der Waals surface area contributed by atoms with Gasteiger partial charge in [0.25, 0.3) is 0 Å². The van der Waals surface area contributed by atoms with Crippen molar-refractivity contribution in [2.75, 3.05) is 13.7 Å². The number of carbonyl (C=O) groups is 1. The number of aromatic nitrogens is 2. The third kappa shape index (κ3) is 2.91. The minimum atomic E-state index is -2.73. The molecule has 8 heteroatoms. The monoisotopic (exact) mass is 325 g/mol. The smallest absolute Gasteiger partial charge is 0.323 e. The molecule has 2 heterocycles. The normalized spacial score (nSPS) is 22.1. The van der Waals surface area contributed by atoms with Gasteiger partial charge in [0.15, 0.2) is 0 Å². The van der Waals surface area contributed by atoms with E-state index in [4.69, 9.17) is 4.74 Å². The summed E-state index contributed by atoms with van der Waals surface area (Å²) in [7, 11) is 1.26.